The SMILES string of the molecule is Cn1cc(-c2cc(N)ccc2Oc2ccc(F)cc2F)c2ccn(SI)c2c1=O. The maximum atomic E-state index is 14.1. The molecule has 0 saturated carbocycles. The summed E-state index contributed by atoms with van der Waals surface area (Å²) in [5, 5.41) is 0.715. The first-order valence-corrected chi connectivity index (χ1v) is 11.7. The molecule has 5 nitrogen and oxygen atoms in total. The minimum atomic E-state index is -0.814. The van der Waals surface area contributed by atoms with Crippen molar-refractivity contribution < 1.29 is 13.5 Å². The zero-order chi connectivity index (χ0) is 20.7. The van der Waals surface area contributed by atoms with Gasteiger partial charge in [-0.25, -0.2) is 8.78 Å². The van der Waals surface area contributed by atoms with E-state index < -0.39 is 11.6 Å². The number of pyridine rings is 1. The Morgan fingerprint density at radius 3 is 2.55 bits per heavy atom. The topological polar surface area (TPSA) is 62.2 Å². The summed E-state index contributed by atoms with van der Waals surface area (Å²) in [6.07, 6.45) is 3.49. The molecule has 0 atom stereocenters. The number of aryl methyl sites for hydroxylation is 1. The summed E-state index contributed by atoms with van der Waals surface area (Å²) < 4.78 is 36.4. The maximum absolute atomic E-state index is 14.1. The number of nitrogens with zero attached hydrogens (tertiary/aromatic N) is 2. The van der Waals surface area contributed by atoms with Crippen LogP contribution in [0.4, 0.5) is 14.5 Å². The molecule has 4 aromatic rings. The Labute approximate surface area is 180 Å². The van der Waals surface area contributed by atoms with Crippen molar-refractivity contribution in [1.29, 1.82) is 0 Å². The highest BCUT2D eigenvalue weighted by Gasteiger charge is 2.18. The van der Waals surface area contributed by atoms with Crippen LogP contribution in [0.1, 0.15) is 0 Å². The second-order valence-electron chi connectivity index (χ2n) is 6.36. The Hall–Kier alpha value is -2.53. The third-order valence-electron chi connectivity index (χ3n) is 4.47. The Kier molecular flexibility index (Phi) is 5.26. The molecule has 29 heavy (non-hydrogen) atoms. The van der Waals surface area contributed by atoms with Crippen LogP contribution in [0, 0.1) is 11.6 Å². The van der Waals surface area contributed by atoms with E-state index in [-0.39, 0.29) is 11.3 Å². The highest BCUT2D eigenvalue weighted by molar-refractivity contribution is 14.2. The van der Waals surface area contributed by atoms with Crippen molar-refractivity contribution in [3.8, 4) is 22.6 Å². The molecule has 0 bridgehead atoms. The van der Waals surface area contributed by atoms with Gasteiger partial charge in [-0.05, 0) is 36.4 Å². The molecule has 0 aliphatic heterocycles. The molecule has 9 heteroatoms. The normalized spacial score (nSPS) is 11.2. The zero-order valence-corrected chi connectivity index (χ0v) is 18.0. The Bertz CT molecular complexity index is 1300. The smallest absolute Gasteiger partial charge is 0.275 e. The molecule has 148 valence electrons. The number of rotatable bonds is 4. The third kappa shape index (κ3) is 3.60. The summed E-state index contributed by atoms with van der Waals surface area (Å²) in [7, 11) is 3.04. The molecule has 0 aliphatic rings. The molecular formula is C20H14F2IN3O2S. The molecule has 0 saturated heterocycles. The van der Waals surface area contributed by atoms with Crippen molar-refractivity contribution in [1.82, 2.24) is 8.54 Å². The number of hydrogen-bond acceptors (Lipinski definition) is 4. The van der Waals surface area contributed by atoms with Gasteiger partial charge in [0.25, 0.3) is 5.56 Å². The first-order valence-electron chi connectivity index (χ1n) is 8.41. The van der Waals surface area contributed by atoms with Gasteiger partial charge in [0.05, 0.1) is 0 Å². The number of hydrogen-bond donors (Lipinski definition) is 1. The third-order valence-corrected chi connectivity index (χ3v) is 6.20. The molecule has 2 heterocycles. The van der Waals surface area contributed by atoms with E-state index in [1.165, 1.54) is 19.8 Å². The van der Waals surface area contributed by atoms with Crippen LogP contribution in [0.2, 0.25) is 0 Å². The van der Waals surface area contributed by atoms with Crippen molar-refractivity contribution in [3.63, 3.8) is 0 Å². The Morgan fingerprint density at radius 1 is 1.07 bits per heavy atom. The van der Waals surface area contributed by atoms with Crippen molar-refractivity contribution in [2.75, 3.05) is 5.73 Å². The van der Waals surface area contributed by atoms with E-state index in [1.54, 1.807) is 41.6 Å². The summed E-state index contributed by atoms with van der Waals surface area (Å²) in [5.74, 6) is -1.28. The Balaban J connectivity index is 1.94. The molecular weight excluding hydrogens is 511 g/mol. The van der Waals surface area contributed by atoms with Gasteiger partial charge in [0.1, 0.15) is 17.1 Å². The second kappa shape index (κ2) is 7.71. The molecule has 2 N–H and O–H groups in total. The van der Waals surface area contributed by atoms with Crippen LogP contribution in [-0.2, 0) is 7.05 Å². The summed E-state index contributed by atoms with van der Waals surface area (Å²) in [5.41, 5.74) is 8.14. The van der Waals surface area contributed by atoms with E-state index in [0.717, 1.165) is 12.1 Å². The number of anilines is 1. The lowest BCUT2D eigenvalue weighted by atomic mass is 10.0. The minimum Gasteiger partial charge on any atom is -0.454 e. The first kappa shape index (κ1) is 19.8. The largest absolute Gasteiger partial charge is 0.454 e. The lowest BCUT2D eigenvalue weighted by Gasteiger charge is -2.15. The van der Waals surface area contributed by atoms with E-state index in [0.29, 0.717) is 33.5 Å². The number of fused-ring (bicyclic) bond motifs is 1. The molecule has 0 radical (unpaired) electrons. The van der Waals surface area contributed by atoms with Crippen LogP contribution in [0.15, 0.2) is 59.7 Å². The highest BCUT2D eigenvalue weighted by Crippen LogP contribution is 2.39. The number of ether oxygens (including phenoxy) is 1. The van der Waals surface area contributed by atoms with Crippen LogP contribution >= 0.6 is 30.3 Å². The average Bonchev–Trinajstić information content (AvgIpc) is 3.12. The summed E-state index contributed by atoms with van der Waals surface area (Å²) in [6, 6.07) is 9.89. The van der Waals surface area contributed by atoms with Crippen LogP contribution in [-0.4, -0.2) is 8.54 Å². The maximum Gasteiger partial charge on any atom is 0.275 e. The molecule has 0 aliphatic carbocycles. The quantitative estimate of drug-likeness (QED) is 0.282. The minimum absolute atomic E-state index is 0.112. The van der Waals surface area contributed by atoms with Gasteiger partial charge in [-0.2, -0.15) is 0 Å². The van der Waals surface area contributed by atoms with E-state index in [2.05, 4.69) is 21.2 Å². The molecule has 0 unspecified atom stereocenters. The van der Waals surface area contributed by atoms with Gasteiger partial charge in [-0.15, -0.1) is 0 Å². The lowest BCUT2D eigenvalue weighted by Crippen LogP contribution is -2.17. The molecule has 0 spiro atoms. The number of nitrogens with two attached hydrogens (primary N) is 1. The van der Waals surface area contributed by atoms with E-state index in [1.807, 2.05) is 6.07 Å². The fraction of sp³-hybridized carbons (Fsp3) is 0.0500. The summed E-state index contributed by atoms with van der Waals surface area (Å²) in [6.45, 7) is 0. The van der Waals surface area contributed by atoms with E-state index in [4.69, 9.17) is 10.5 Å². The van der Waals surface area contributed by atoms with Crippen LogP contribution in [0.5, 0.6) is 11.5 Å². The predicted molar refractivity (Wildman–Crippen MR) is 120 cm³/mol. The van der Waals surface area contributed by atoms with Gasteiger partial charge in [-0.3, -0.25) is 8.77 Å². The second-order valence-corrected chi connectivity index (χ2v) is 8.08. The summed E-state index contributed by atoms with van der Waals surface area (Å²) in [4.78, 5) is 12.7. The fourth-order valence-corrected chi connectivity index (χ4v) is 4.46. The van der Waals surface area contributed by atoms with Crippen molar-refractivity contribution >= 4 is 46.9 Å². The van der Waals surface area contributed by atoms with Crippen molar-refractivity contribution in [3.05, 3.63) is 76.8 Å². The lowest BCUT2D eigenvalue weighted by molar-refractivity contribution is 0.439. The van der Waals surface area contributed by atoms with E-state index >= 15 is 0 Å². The van der Waals surface area contributed by atoms with Gasteiger partial charge in [0, 0.05) is 78.0 Å². The zero-order valence-electron chi connectivity index (χ0n) is 15.0. The summed E-state index contributed by atoms with van der Waals surface area (Å²) >= 11 is 2.10. The number of aromatic nitrogens is 2. The highest BCUT2D eigenvalue weighted by atomic mass is 127. The molecule has 4 rings (SSSR count). The molecule has 2 aromatic heterocycles. The molecule has 0 amide bonds. The number of benzene rings is 2. The molecule has 0 fully saturated rings. The van der Waals surface area contributed by atoms with Crippen LogP contribution in [0.25, 0.3) is 22.0 Å². The number of halogens is 3. The van der Waals surface area contributed by atoms with Gasteiger partial charge in [-0.1, -0.05) is 0 Å². The van der Waals surface area contributed by atoms with Crippen LogP contribution < -0.4 is 16.0 Å². The van der Waals surface area contributed by atoms with Crippen LogP contribution in [0.3, 0.4) is 0 Å². The first-order chi connectivity index (χ1) is 13.9. The predicted octanol–water partition coefficient (Wildman–Crippen LogP) is 5.51. The van der Waals surface area contributed by atoms with Crippen molar-refractivity contribution in [2.45, 2.75) is 0 Å². The average molecular weight is 525 g/mol. The van der Waals surface area contributed by atoms with Gasteiger partial charge < -0.3 is 15.0 Å². The fourth-order valence-electron chi connectivity index (χ4n) is 3.13. The number of nitrogen functional groups attached to an aromatic ring is 1. The standard InChI is InChI=1S/C20H14F2IN3O2S/c1-25-10-15(13-6-7-26(29-23)19(13)20(25)27)14-9-12(24)3-5-17(14)28-18-4-2-11(21)8-16(18)22/h2-10H,24H2,1H3. The van der Waals surface area contributed by atoms with E-state index in [9.17, 15) is 13.6 Å². The molecule has 2 aromatic carbocycles. The van der Waals surface area contributed by atoms with Gasteiger partial charge >= 0.3 is 0 Å². The monoisotopic (exact) mass is 525 g/mol. The van der Waals surface area contributed by atoms with Crippen molar-refractivity contribution in [2.24, 2.45) is 7.05 Å². The van der Waals surface area contributed by atoms with Gasteiger partial charge in [0.2, 0.25) is 0 Å². The van der Waals surface area contributed by atoms with Gasteiger partial charge in [0.15, 0.2) is 11.6 Å². The Morgan fingerprint density at radius 2 is 1.83 bits per heavy atom.